The van der Waals surface area contributed by atoms with Gasteiger partial charge in [-0.2, -0.15) is 8.78 Å². The van der Waals surface area contributed by atoms with E-state index < -0.39 is 6.61 Å². The van der Waals surface area contributed by atoms with Crippen molar-refractivity contribution in [3.63, 3.8) is 0 Å². The van der Waals surface area contributed by atoms with Crippen LogP contribution < -0.4 is 10.1 Å². The fourth-order valence-corrected chi connectivity index (χ4v) is 4.97. The van der Waals surface area contributed by atoms with Crippen LogP contribution in [0, 0.1) is 23.7 Å². The quantitative estimate of drug-likeness (QED) is 0.886. The van der Waals surface area contributed by atoms with Gasteiger partial charge < -0.3 is 10.1 Å². The van der Waals surface area contributed by atoms with Crippen LogP contribution >= 0.6 is 0 Å². The molecule has 3 saturated carbocycles. The first-order valence-electron chi connectivity index (χ1n) is 7.95. The molecule has 0 heterocycles. The van der Waals surface area contributed by atoms with Crippen LogP contribution in [-0.2, 0) is 0 Å². The minimum absolute atomic E-state index is 0.0509. The molecule has 1 aromatic rings. The molecule has 2 nitrogen and oxygen atoms in total. The fourth-order valence-electron chi connectivity index (χ4n) is 4.97. The third kappa shape index (κ3) is 2.24. The van der Waals surface area contributed by atoms with E-state index in [0.717, 1.165) is 29.2 Å². The molecular weight excluding hydrogens is 272 g/mol. The number of ether oxygens (including phenoxy) is 1. The van der Waals surface area contributed by atoms with Crippen molar-refractivity contribution in [1.29, 1.82) is 0 Å². The second kappa shape index (κ2) is 4.94. The van der Waals surface area contributed by atoms with Crippen LogP contribution in [0.5, 0.6) is 5.75 Å². The molecule has 21 heavy (non-hydrogen) atoms. The van der Waals surface area contributed by atoms with Gasteiger partial charge in [-0.25, -0.2) is 0 Å². The molecule has 4 rings (SSSR count). The Balaban J connectivity index is 1.45. The highest BCUT2D eigenvalue weighted by molar-refractivity contribution is 5.36. The molecule has 3 aliphatic carbocycles. The molecular formula is C17H21F2NO. The molecule has 2 bridgehead atoms. The van der Waals surface area contributed by atoms with Gasteiger partial charge in [-0.3, -0.25) is 0 Å². The third-order valence-corrected chi connectivity index (χ3v) is 5.78. The summed E-state index contributed by atoms with van der Waals surface area (Å²) in [5.41, 5.74) is 0.829. The van der Waals surface area contributed by atoms with Gasteiger partial charge in [-0.1, -0.05) is 18.2 Å². The van der Waals surface area contributed by atoms with E-state index in [4.69, 9.17) is 0 Å². The zero-order valence-corrected chi connectivity index (χ0v) is 12.1. The van der Waals surface area contributed by atoms with Crippen molar-refractivity contribution in [3.05, 3.63) is 29.8 Å². The Morgan fingerprint density at radius 2 is 1.81 bits per heavy atom. The lowest BCUT2D eigenvalue weighted by atomic mass is 10.0. The summed E-state index contributed by atoms with van der Waals surface area (Å²) in [7, 11) is 0. The molecule has 5 unspecified atom stereocenters. The van der Waals surface area contributed by atoms with E-state index in [2.05, 4.69) is 10.1 Å². The van der Waals surface area contributed by atoms with Crippen molar-refractivity contribution in [2.45, 2.75) is 44.9 Å². The lowest BCUT2D eigenvalue weighted by molar-refractivity contribution is -0.0506. The molecule has 1 aromatic carbocycles. The highest BCUT2D eigenvalue weighted by Crippen LogP contribution is 2.65. The van der Waals surface area contributed by atoms with Crippen LogP contribution in [0.1, 0.15) is 37.8 Å². The monoisotopic (exact) mass is 293 g/mol. The van der Waals surface area contributed by atoms with Gasteiger partial charge in [0.2, 0.25) is 0 Å². The Kier molecular flexibility index (Phi) is 3.18. The predicted molar refractivity (Wildman–Crippen MR) is 76.2 cm³/mol. The van der Waals surface area contributed by atoms with Crippen LogP contribution in [0.25, 0.3) is 0 Å². The molecule has 3 fully saturated rings. The number of para-hydroxylation sites is 1. The standard InChI is InChI=1S/C17H21F2NO/c1-9(12-4-2-3-5-13(12)21-17(18)19)20-16-14-10-6-7-11(8-10)15(14)16/h2-5,9-11,14-17,20H,6-8H2,1H3. The lowest BCUT2D eigenvalue weighted by Crippen LogP contribution is -2.26. The van der Waals surface area contributed by atoms with Gasteiger partial charge >= 0.3 is 6.61 Å². The van der Waals surface area contributed by atoms with E-state index in [1.807, 2.05) is 19.1 Å². The molecule has 0 spiro atoms. The summed E-state index contributed by atoms with van der Waals surface area (Å²) >= 11 is 0. The molecule has 5 atom stereocenters. The summed E-state index contributed by atoms with van der Waals surface area (Å²) in [6.45, 7) is -0.724. The Bertz CT molecular complexity index is 519. The van der Waals surface area contributed by atoms with Gasteiger partial charge in [0.1, 0.15) is 5.75 Å². The molecule has 0 saturated heterocycles. The largest absolute Gasteiger partial charge is 0.434 e. The van der Waals surface area contributed by atoms with Gasteiger partial charge in [0.05, 0.1) is 0 Å². The number of hydrogen-bond acceptors (Lipinski definition) is 2. The Labute approximate surface area is 123 Å². The third-order valence-electron chi connectivity index (χ3n) is 5.78. The zero-order chi connectivity index (χ0) is 14.6. The minimum Gasteiger partial charge on any atom is -0.434 e. The van der Waals surface area contributed by atoms with E-state index >= 15 is 0 Å². The number of rotatable bonds is 5. The van der Waals surface area contributed by atoms with E-state index in [9.17, 15) is 8.78 Å². The van der Waals surface area contributed by atoms with Crippen molar-refractivity contribution >= 4 is 0 Å². The van der Waals surface area contributed by atoms with Gasteiger partial charge in [0.15, 0.2) is 0 Å². The number of fused-ring (bicyclic) bond motifs is 5. The molecule has 4 heteroatoms. The second-order valence-electron chi connectivity index (χ2n) is 6.82. The molecule has 0 radical (unpaired) electrons. The summed E-state index contributed by atoms with van der Waals surface area (Å²) in [6, 6.07) is 7.75. The van der Waals surface area contributed by atoms with Crippen LogP contribution in [0.4, 0.5) is 8.78 Å². The maximum absolute atomic E-state index is 12.5. The molecule has 0 aliphatic heterocycles. The maximum atomic E-state index is 12.5. The first kappa shape index (κ1) is 13.5. The minimum atomic E-state index is -2.77. The van der Waals surface area contributed by atoms with Crippen molar-refractivity contribution in [2.75, 3.05) is 0 Å². The highest BCUT2D eigenvalue weighted by Gasteiger charge is 2.64. The maximum Gasteiger partial charge on any atom is 0.387 e. The van der Waals surface area contributed by atoms with E-state index in [1.165, 1.54) is 19.3 Å². The number of benzene rings is 1. The molecule has 0 aromatic heterocycles. The molecule has 1 N–H and O–H groups in total. The molecule has 0 amide bonds. The van der Waals surface area contributed by atoms with Gasteiger partial charge in [0.25, 0.3) is 0 Å². The zero-order valence-electron chi connectivity index (χ0n) is 12.1. The number of alkyl halides is 2. The summed E-state index contributed by atoms with van der Waals surface area (Å²) in [6.07, 6.45) is 4.21. The number of hydrogen-bond donors (Lipinski definition) is 1. The summed E-state index contributed by atoms with van der Waals surface area (Å²) in [5, 5.41) is 3.66. The van der Waals surface area contributed by atoms with Crippen LogP contribution in [0.15, 0.2) is 24.3 Å². The first-order chi connectivity index (χ1) is 10.1. The van der Waals surface area contributed by atoms with Crippen molar-refractivity contribution in [1.82, 2.24) is 5.32 Å². The Morgan fingerprint density at radius 1 is 1.14 bits per heavy atom. The van der Waals surface area contributed by atoms with Crippen molar-refractivity contribution < 1.29 is 13.5 Å². The van der Waals surface area contributed by atoms with Gasteiger partial charge in [0, 0.05) is 17.6 Å². The van der Waals surface area contributed by atoms with Crippen LogP contribution in [0.2, 0.25) is 0 Å². The van der Waals surface area contributed by atoms with Crippen LogP contribution in [0.3, 0.4) is 0 Å². The van der Waals surface area contributed by atoms with Gasteiger partial charge in [-0.15, -0.1) is 0 Å². The Morgan fingerprint density at radius 3 is 2.48 bits per heavy atom. The molecule has 3 aliphatic rings. The highest BCUT2D eigenvalue weighted by atomic mass is 19.3. The van der Waals surface area contributed by atoms with Gasteiger partial charge in [-0.05, 0) is 55.9 Å². The normalized spacial score (nSPS) is 37.6. The van der Waals surface area contributed by atoms with Crippen LogP contribution in [-0.4, -0.2) is 12.7 Å². The van der Waals surface area contributed by atoms with Crippen molar-refractivity contribution in [2.24, 2.45) is 23.7 Å². The molecule has 114 valence electrons. The average Bonchev–Trinajstić information content (AvgIpc) is 2.83. The average molecular weight is 293 g/mol. The summed E-state index contributed by atoms with van der Waals surface area (Å²) < 4.78 is 29.6. The van der Waals surface area contributed by atoms with Crippen molar-refractivity contribution in [3.8, 4) is 5.75 Å². The topological polar surface area (TPSA) is 21.3 Å². The Hall–Kier alpha value is -1.16. The first-order valence-corrected chi connectivity index (χ1v) is 7.95. The number of halogens is 2. The summed E-state index contributed by atoms with van der Waals surface area (Å²) in [4.78, 5) is 0. The fraction of sp³-hybridized carbons (Fsp3) is 0.647. The van der Waals surface area contributed by atoms with E-state index in [1.54, 1.807) is 12.1 Å². The smallest absolute Gasteiger partial charge is 0.387 e. The van der Waals surface area contributed by atoms with E-state index in [0.29, 0.717) is 11.8 Å². The summed E-state index contributed by atoms with van der Waals surface area (Å²) in [5.74, 6) is 3.81. The number of nitrogens with one attached hydrogen (secondary N) is 1. The SMILES string of the molecule is CC(NC1C2C3CCC(C3)C12)c1ccccc1OC(F)F. The van der Waals surface area contributed by atoms with E-state index in [-0.39, 0.29) is 6.04 Å². The predicted octanol–water partition coefficient (Wildman–Crippen LogP) is 3.98. The lowest BCUT2D eigenvalue weighted by Gasteiger charge is -2.20. The second-order valence-corrected chi connectivity index (χ2v) is 6.82.